The highest BCUT2D eigenvalue weighted by Crippen LogP contribution is 2.17. The fraction of sp³-hybridized carbons (Fsp3) is 0.357. The number of carbonyl (C=O) groups is 3. The van der Waals surface area contributed by atoms with E-state index in [0.29, 0.717) is 6.42 Å². The molecule has 1 aromatic carbocycles. The number of nitrogens with zero attached hydrogens (tertiary/aromatic N) is 1. The van der Waals surface area contributed by atoms with Crippen molar-refractivity contribution in [1.29, 1.82) is 0 Å². The Kier molecular flexibility index (Phi) is 4.76. The lowest BCUT2D eigenvalue weighted by molar-refractivity contribution is -0.148. The van der Waals surface area contributed by atoms with E-state index in [1.54, 1.807) is 0 Å². The summed E-state index contributed by atoms with van der Waals surface area (Å²) in [7, 11) is 0. The van der Waals surface area contributed by atoms with E-state index in [1.165, 1.54) is 4.90 Å². The zero-order valence-electron chi connectivity index (χ0n) is 11.3. The number of cyclic esters (lactones) is 1. The van der Waals surface area contributed by atoms with Gasteiger partial charge in [-0.1, -0.05) is 30.3 Å². The molecule has 112 valence electrons. The number of amides is 2. The van der Waals surface area contributed by atoms with Crippen molar-refractivity contribution in [3.8, 4) is 0 Å². The van der Waals surface area contributed by atoms with Crippen molar-refractivity contribution in [2.24, 2.45) is 0 Å². The Balaban J connectivity index is 2.11. The van der Waals surface area contributed by atoms with E-state index >= 15 is 0 Å². The van der Waals surface area contributed by atoms with Crippen LogP contribution in [0.2, 0.25) is 0 Å². The van der Waals surface area contributed by atoms with Gasteiger partial charge < -0.3 is 20.1 Å². The summed E-state index contributed by atoms with van der Waals surface area (Å²) in [6, 6.07) is 8.54. The number of carbonyl (C=O) groups excluding carboxylic acids is 2. The predicted molar refractivity (Wildman–Crippen MR) is 72.4 cm³/mol. The first-order chi connectivity index (χ1) is 10.1. The third kappa shape index (κ3) is 3.95. The Bertz CT molecular complexity index is 531. The van der Waals surface area contributed by atoms with Crippen molar-refractivity contribution in [2.45, 2.75) is 19.0 Å². The van der Waals surface area contributed by atoms with Gasteiger partial charge in [0.05, 0.1) is 6.61 Å². The normalized spacial score (nSPS) is 17.1. The van der Waals surface area contributed by atoms with Crippen molar-refractivity contribution in [3.63, 3.8) is 0 Å². The van der Waals surface area contributed by atoms with Crippen LogP contribution in [0.15, 0.2) is 30.3 Å². The smallest absolute Gasteiger partial charge is 0.405 e. The van der Waals surface area contributed by atoms with Gasteiger partial charge in [0.15, 0.2) is 0 Å². The highest BCUT2D eigenvalue weighted by Gasteiger charge is 2.35. The molecule has 0 spiro atoms. The molecule has 0 saturated carbocycles. The number of rotatable bonds is 5. The van der Waals surface area contributed by atoms with E-state index < -0.39 is 24.0 Å². The zero-order valence-corrected chi connectivity index (χ0v) is 11.3. The lowest BCUT2D eigenvalue weighted by Gasteiger charge is -2.26. The molecule has 7 nitrogen and oxygen atoms in total. The van der Waals surface area contributed by atoms with Crippen molar-refractivity contribution in [1.82, 2.24) is 10.2 Å². The van der Waals surface area contributed by atoms with E-state index in [-0.39, 0.29) is 19.7 Å². The Morgan fingerprint density at radius 2 is 2.05 bits per heavy atom. The van der Waals surface area contributed by atoms with Gasteiger partial charge in [-0.15, -0.1) is 0 Å². The van der Waals surface area contributed by atoms with Gasteiger partial charge in [0.1, 0.15) is 12.6 Å². The second-order valence-corrected chi connectivity index (χ2v) is 4.64. The first-order valence-corrected chi connectivity index (χ1v) is 6.55. The van der Waals surface area contributed by atoms with E-state index in [9.17, 15) is 14.4 Å². The second-order valence-electron chi connectivity index (χ2n) is 4.64. The number of esters is 1. The summed E-state index contributed by atoms with van der Waals surface area (Å²) in [6.45, 7) is 0.140. The maximum Gasteiger partial charge on any atom is 0.405 e. The largest absolute Gasteiger partial charge is 0.465 e. The number of ether oxygens (including phenoxy) is 1. The molecule has 1 aliphatic rings. The molecule has 0 radical (unpaired) electrons. The summed E-state index contributed by atoms with van der Waals surface area (Å²) in [5.41, 5.74) is 0.862. The number of hydrogen-bond acceptors (Lipinski definition) is 4. The number of carboxylic acid groups (broad SMARTS) is 1. The SMILES string of the molecule is O=C(O)NCC(=O)N(Cc1ccccc1)[C@H]1CCOC1=O. The molecule has 2 amide bonds. The highest BCUT2D eigenvalue weighted by molar-refractivity contribution is 5.87. The van der Waals surface area contributed by atoms with Crippen molar-refractivity contribution in [3.05, 3.63) is 35.9 Å². The first kappa shape index (κ1) is 14.8. The first-order valence-electron chi connectivity index (χ1n) is 6.55. The third-order valence-corrected chi connectivity index (χ3v) is 3.19. The molecule has 2 rings (SSSR count). The highest BCUT2D eigenvalue weighted by atomic mass is 16.5. The van der Waals surface area contributed by atoms with E-state index in [1.807, 2.05) is 35.6 Å². The molecule has 2 N–H and O–H groups in total. The Morgan fingerprint density at radius 3 is 2.62 bits per heavy atom. The lowest BCUT2D eigenvalue weighted by atomic mass is 10.1. The van der Waals surface area contributed by atoms with Crippen LogP contribution in [0.5, 0.6) is 0 Å². The lowest BCUT2D eigenvalue weighted by Crippen LogP contribution is -2.46. The van der Waals surface area contributed by atoms with E-state index in [2.05, 4.69) is 0 Å². The second kappa shape index (κ2) is 6.74. The maximum atomic E-state index is 12.2. The molecular weight excluding hydrogens is 276 g/mol. The van der Waals surface area contributed by atoms with Crippen LogP contribution >= 0.6 is 0 Å². The summed E-state index contributed by atoms with van der Waals surface area (Å²) in [5.74, 6) is -0.903. The monoisotopic (exact) mass is 292 g/mol. The Labute approximate surface area is 121 Å². The van der Waals surface area contributed by atoms with Gasteiger partial charge in [0.25, 0.3) is 0 Å². The molecule has 21 heavy (non-hydrogen) atoms. The standard InChI is InChI=1S/C14H16N2O5/c17-12(8-15-14(19)20)16(11-6-7-21-13(11)18)9-10-4-2-1-3-5-10/h1-5,11,15H,6-9H2,(H,19,20)/t11-/m0/s1. The third-order valence-electron chi connectivity index (χ3n) is 3.19. The molecule has 1 heterocycles. The minimum Gasteiger partial charge on any atom is -0.465 e. The Morgan fingerprint density at radius 1 is 1.33 bits per heavy atom. The molecule has 1 fully saturated rings. The summed E-state index contributed by atoms with van der Waals surface area (Å²) >= 11 is 0. The van der Waals surface area contributed by atoms with Gasteiger partial charge in [-0.25, -0.2) is 9.59 Å². The molecule has 1 aromatic rings. The van der Waals surface area contributed by atoms with Crippen molar-refractivity contribution in [2.75, 3.05) is 13.2 Å². The minimum absolute atomic E-state index is 0.237. The fourth-order valence-corrected chi connectivity index (χ4v) is 2.17. The van der Waals surface area contributed by atoms with Gasteiger partial charge in [-0.05, 0) is 5.56 Å². The number of nitrogens with one attached hydrogen (secondary N) is 1. The summed E-state index contributed by atoms with van der Waals surface area (Å²) in [5, 5.41) is 10.6. The van der Waals surface area contributed by atoms with Crippen LogP contribution < -0.4 is 5.32 Å². The molecule has 0 unspecified atom stereocenters. The van der Waals surface area contributed by atoms with Crippen LogP contribution in [0.1, 0.15) is 12.0 Å². The molecule has 0 aliphatic carbocycles. The van der Waals surface area contributed by atoms with Gasteiger partial charge in [-0.3, -0.25) is 4.79 Å². The quantitative estimate of drug-likeness (QED) is 0.775. The van der Waals surface area contributed by atoms with Crippen LogP contribution in [-0.2, 0) is 20.9 Å². The van der Waals surface area contributed by atoms with Crippen LogP contribution in [0.3, 0.4) is 0 Å². The summed E-state index contributed by atoms with van der Waals surface area (Å²) in [6.07, 6.45) is -0.859. The minimum atomic E-state index is -1.28. The molecule has 7 heteroatoms. The van der Waals surface area contributed by atoms with Crippen molar-refractivity contribution < 1.29 is 24.2 Å². The van der Waals surface area contributed by atoms with Crippen LogP contribution in [-0.4, -0.2) is 47.2 Å². The summed E-state index contributed by atoms with van der Waals surface area (Å²) < 4.78 is 4.89. The van der Waals surface area contributed by atoms with Gasteiger partial charge in [0.2, 0.25) is 5.91 Å². The average molecular weight is 292 g/mol. The van der Waals surface area contributed by atoms with Crippen molar-refractivity contribution >= 4 is 18.0 Å². The average Bonchev–Trinajstić information content (AvgIpc) is 2.89. The van der Waals surface area contributed by atoms with E-state index in [0.717, 1.165) is 5.56 Å². The molecule has 1 saturated heterocycles. The Hall–Kier alpha value is -2.57. The number of benzene rings is 1. The van der Waals surface area contributed by atoms with E-state index in [4.69, 9.17) is 9.84 Å². The van der Waals surface area contributed by atoms with Crippen LogP contribution in [0.4, 0.5) is 4.79 Å². The summed E-state index contributed by atoms with van der Waals surface area (Å²) in [4.78, 5) is 35.7. The molecule has 1 aliphatic heterocycles. The predicted octanol–water partition coefficient (Wildman–Crippen LogP) is 0.598. The molecule has 0 bridgehead atoms. The maximum absolute atomic E-state index is 12.2. The van der Waals surface area contributed by atoms with Crippen LogP contribution in [0, 0.1) is 0 Å². The molecular formula is C14H16N2O5. The van der Waals surface area contributed by atoms with Gasteiger partial charge >= 0.3 is 12.1 Å². The zero-order chi connectivity index (χ0) is 15.2. The van der Waals surface area contributed by atoms with Crippen LogP contribution in [0.25, 0.3) is 0 Å². The molecule has 1 atom stereocenters. The number of hydrogen-bond donors (Lipinski definition) is 2. The molecule has 0 aromatic heterocycles. The fourth-order valence-electron chi connectivity index (χ4n) is 2.17. The topological polar surface area (TPSA) is 95.9 Å². The van der Waals surface area contributed by atoms with Gasteiger partial charge in [-0.2, -0.15) is 0 Å². The van der Waals surface area contributed by atoms with Gasteiger partial charge in [0, 0.05) is 13.0 Å².